The Morgan fingerprint density at radius 1 is 1.06 bits per heavy atom. The first-order valence-electron chi connectivity index (χ1n) is 10.4. The van der Waals surface area contributed by atoms with E-state index in [9.17, 15) is 4.79 Å². The molecule has 1 amide bonds. The van der Waals surface area contributed by atoms with Gasteiger partial charge in [0, 0.05) is 30.0 Å². The molecule has 0 radical (unpaired) electrons. The van der Waals surface area contributed by atoms with Crippen LogP contribution in [-0.2, 0) is 0 Å². The van der Waals surface area contributed by atoms with Gasteiger partial charge in [-0.25, -0.2) is 0 Å². The Morgan fingerprint density at radius 3 is 2.50 bits per heavy atom. The van der Waals surface area contributed by atoms with E-state index in [-0.39, 0.29) is 10.9 Å². The molecule has 0 unspecified atom stereocenters. The maximum atomic E-state index is 12.5. The molecule has 0 spiro atoms. The second kappa shape index (κ2) is 9.94. The van der Waals surface area contributed by atoms with Crippen LogP contribution in [-0.4, -0.2) is 24.1 Å². The number of benzene rings is 2. The first kappa shape index (κ1) is 22.6. The fraction of sp³-hybridized carbons (Fsp3) is 0.250. The summed E-state index contributed by atoms with van der Waals surface area (Å²) in [5.41, 5.74) is 2.61. The van der Waals surface area contributed by atoms with Gasteiger partial charge in [0.15, 0.2) is 10.9 Å². The lowest BCUT2D eigenvalue weighted by molar-refractivity contribution is 0.0951. The number of rotatable bonds is 4. The highest BCUT2D eigenvalue weighted by Gasteiger charge is 2.17. The van der Waals surface area contributed by atoms with Crippen LogP contribution in [0.15, 0.2) is 59.0 Å². The molecule has 0 bridgehead atoms. The largest absolute Gasteiger partial charge is 0.451 e. The van der Waals surface area contributed by atoms with Crippen LogP contribution in [0.2, 0.25) is 10.0 Å². The minimum Gasteiger partial charge on any atom is -0.451 e. The van der Waals surface area contributed by atoms with E-state index in [1.807, 2.05) is 12.1 Å². The number of hydrogen-bond donors (Lipinski definition) is 2. The molecule has 1 saturated heterocycles. The van der Waals surface area contributed by atoms with E-state index in [2.05, 4.69) is 34.6 Å². The molecule has 4 rings (SSSR count). The normalized spacial score (nSPS) is 14.3. The van der Waals surface area contributed by atoms with Gasteiger partial charge in [0.25, 0.3) is 5.91 Å². The second-order valence-electron chi connectivity index (χ2n) is 7.89. The van der Waals surface area contributed by atoms with Gasteiger partial charge >= 0.3 is 0 Å². The number of furan rings is 1. The van der Waals surface area contributed by atoms with Crippen molar-refractivity contribution in [2.45, 2.75) is 19.8 Å². The van der Waals surface area contributed by atoms with E-state index in [0.717, 1.165) is 24.7 Å². The summed E-state index contributed by atoms with van der Waals surface area (Å²) >= 11 is 17.6. The number of nitrogens with one attached hydrogen (secondary N) is 2. The van der Waals surface area contributed by atoms with Crippen molar-refractivity contribution in [2.75, 3.05) is 23.3 Å². The van der Waals surface area contributed by atoms with Crippen molar-refractivity contribution in [1.29, 1.82) is 0 Å². The summed E-state index contributed by atoms with van der Waals surface area (Å²) in [5.74, 6) is 0.908. The van der Waals surface area contributed by atoms with Gasteiger partial charge in [-0.15, -0.1) is 0 Å². The van der Waals surface area contributed by atoms with Gasteiger partial charge in [-0.05, 0) is 79.5 Å². The van der Waals surface area contributed by atoms with Crippen LogP contribution >= 0.6 is 35.4 Å². The highest BCUT2D eigenvalue weighted by atomic mass is 35.5. The number of halogens is 2. The molecule has 0 aliphatic carbocycles. The number of nitrogens with zero attached hydrogens (tertiary/aromatic N) is 1. The minimum atomic E-state index is -0.453. The van der Waals surface area contributed by atoms with Crippen molar-refractivity contribution < 1.29 is 9.21 Å². The minimum absolute atomic E-state index is 0.120. The van der Waals surface area contributed by atoms with Crippen LogP contribution < -0.4 is 15.5 Å². The van der Waals surface area contributed by atoms with Crippen molar-refractivity contribution in [1.82, 2.24) is 5.32 Å². The summed E-state index contributed by atoms with van der Waals surface area (Å²) in [4.78, 5) is 14.9. The molecule has 2 N–H and O–H groups in total. The Balaban J connectivity index is 1.35. The van der Waals surface area contributed by atoms with E-state index < -0.39 is 5.91 Å². The Morgan fingerprint density at radius 2 is 1.78 bits per heavy atom. The highest BCUT2D eigenvalue weighted by Crippen LogP contribution is 2.34. The number of carbonyl (C=O) groups is 1. The smallest absolute Gasteiger partial charge is 0.293 e. The molecule has 2 aromatic carbocycles. The van der Waals surface area contributed by atoms with E-state index in [1.54, 1.807) is 30.3 Å². The third-order valence-electron chi connectivity index (χ3n) is 5.55. The Hall–Kier alpha value is -2.54. The van der Waals surface area contributed by atoms with Crippen LogP contribution in [0, 0.1) is 5.92 Å². The molecule has 0 saturated carbocycles. The monoisotopic (exact) mass is 487 g/mol. The first-order valence-corrected chi connectivity index (χ1v) is 11.6. The Labute approximate surface area is 202 Å². The lowest BCUT2D eigenvalue weighted by atomic mass is 9.99. The van der Waals surface area contributed by atoms with Crippen LogP contribution in [0.5, 0.6) is 0 Å². The van der Waals surface area contributed by atoms with Crippen molar-refractivity contribution in [3.63, 3.8) is 0 Å². The maximum absolute atomic E-state index is 12.5. The van der Waals surface area contributed by atoms with Crippen molar-refractivity contribution in [3.8, 4) is 11.3 Å². The Bertz CT molecular complexity index is 1120. The van der Waals surface area contributed by atoms with Crippen molar-refractivity contribution in [2.24, 2.45) is 5.92 Å². The molecule has 1 aliphatic heterocycles. The zero-order valence-corrected chi connectivity index (χ0v) is 19.9. The van der Waals surface area contributed by atoms with E-state index >= 15 is 0 Å². The first-order chi connectivity index (χ1) is 15.4. The molecule has 1 aromatic heterocycles. The summed E-state index contributed by atoms with van der Waals surface area (Å²) in [5, 5.41) is 6.65. The van der Waals surface area contributed by atoms with Crippen LogP contribution in [0.4, 0.5) is 11.4 Å². The van der Waals surface area contributed by atoms with Crippen LogP contribution in [0.1, 0.15) is 30.3 Å². The zero-order chi connectivity index (χ0) is 22.7. The fourth-order valence-electron chi connectivity index (χ4n) is 3.65. The lowest BCUT2D eigenvalue weighted by Crippen LogP contribution is -2.34. The highest BCUT2D eigenvalue weighted by molar-refractivity contribution is 7.80. The van der Waals surface area contributed by atoms with Gasteiger partial charge in [0.1, 0.15) is 5.76 Å². The van der Waals surface area contributed by atoms with Gasteiger partial charge in [0.2, 0.25) is 0 Å². The molecule has 0 atom stereocenters. The van der Waals surface area contributed by atoms with Gasteiger partial charge < -0.3 is 14.6 Å². The molecule has 3 aromatic rings. The van der Waals surface area contributed by atoms with Crippen molar-refractivity contribution >= 4 is 57.8 Å². The van der Waals surface area contributed by atoms with E-state index in [4.69, 9.17) is 39.8 Å². The van der Waals surface area contributed by atoms with E-state index in [0.29, 0.717) is 21.4 Å². The molecule has 2 heterocycles. The number of amides is 1. The summed E-state index contributed by atoms with van der Waals surface area (Å²) in [6.45, 7) is 4.46. The van der Waals surface area contributed by atoms with Crippen LogP contribution in [0.3, 0.4) is 0 Å². The maximum Gasteiger partial charge on any atom is 0.293 e. The predicted molar refractivity (Wildman–Crippen MR) is 135 cm³/mol. The average Bonchev–Trinajstić information content (AvgIpc) is 3.27. The topological polar surface area (TPSA) is 57.5 Å². The van der Waals surface area contributed by atoms with Gasteiger partial charge in [-0.1, -0.05) is 36.2 Å². The third kappa shape index (κ3) is 5.26. The quantitative estimate of drug-likeness (QED) is 0.405. The molecule has 32 heavy (non-hydrogen) atoms. The summed E-state index contributed by atoms with van der Waals surface area (Å²) in [7, 11) is 0. The fourth-order valence-corrected chi connectivity index (χ4v) is 4.25. The summed E-state index contributed by atoms with van der Waals surface area (Å²) < 4.78 is 5.66. The van der Waals surface area contributed by atoms with Gasteiger partial charge in [-0.2, -0.15) is 0 Å². The SMILES string of the molecule is CC1CCN(c2ccc(NC(=S)NC(=O)c3ccc(-c4cccc(Cl)c4Cl)o3)cc2)CC1. The number of anilines is 2. The van der Waals surface area contributed by atoms with Crippen molar-refractivity contribution in [3.05, 3.63) is 70.4 Å². The van der Waals surface area contributed by atoms with Gasteiger partial charge in [0.05, 0.1) is 10.0 Å². The predicted octanol–water partition coefficient (Wildman–Crippen LogP) is 6.62. The molecule has 1 aliphatic rings. The number of thiocarbonyl (C=S) groups is 1. The third-order valence-corrected chi connectivity index (χ3v) is 6.57. The van der Waals surface area contributed by atoms with Crippen LogP contribution in [0.25, 0.3) is 11.3 Å². The number of carbonyl (C=O) groups excluding carboxylic acids is 1. The Kier molecular flexibility index (Phi) is 7.04. The zero-order valence-electron chi connectivity index (χ0n) is 17.5. The second-order valence-corrected chi connectivity index (χ2v) is 9.08. The average molecular weight is 488 g/mol. The molecule has 1 fully saturated rings. The molecule has 166 valence electrons. The lowest BCUT2D eigenvalue weighted by Gasteiger charge is -2.32. The molecular weight excluding hydrogens is 465 g/mol. The standard InChI is InChI=1S/C24H23Cl2N3O2S/c1-15-11-13-29(14-12-15)17-7-5-16(6-8-17)27-24(32)28-23(30)21-10-9-20(31-21)18-3-2-4-19(25)22(18)26/h2-10,15H,11-14H2,1H3,(H2,27,28,30,32). The van der Waals surface area contributed by atoms with Gasteiger partial charge in [-0.3, -0.25) is 10.1 Å². The summed E-state index contributed by atoms with van der Waals surface area (Å²) in [6.07, 6.45) is 2.43. The summed E-state index contributed by atoms with van der Waals surface area (Å²) in [6, 6.07) is 16.5. The molecule has 8 heteroatoms. The molecular formula is C24H23Cl2N3O2S. The van der Waals surface area contributed by atoms with E-state index in [1.165, 1.54) is 18.5 Å². The number of piperidine rings is 1. The molecule has 5 nitrogen and oxygen atoms in total. The number of hydrogen-bond acceptors (Lipinski definition) is 4.